The van der Waals surface area contributed by atoms with E-state index in [1.165, 1.54) is 36.8 Å². The summed E-state index contributed by atoms with van der Waals surface area (Å²) >= 11 is 18.9. The van der Waals surface area contributed by atoms with Crippen LogP contribution in [0.4, 0.5) is 0 Å². The van der Waals surface area contributed by atoms with E-state index in [0.717, 1.165) is 28.9 Å². The molecule has 0 spiro atoms. The molecule has 4 rings (SSSR count). The lowest BCUT2D eigenvalue weighted by Crippen LogP contribution is -2.08. The van der Waals surface area contributed by atoms with Crippen LogP contribution in [0, 0.1) is 6.92 Å². The van der Waals surface area contributed by atoms with E-state index in [4.69, 9.17) is 39.8 Å². The first-order valence-electron chi connectivity index (χ1n) is 9.16. The van der Waals surface area contributed by atoms with E-state index in [-0.39, 0.29) is 0 Å². The fourth-order valence-corrected chi connectivity index (χ4v) is 4.79. The van der Waals surface area contributed by atoms with Gasteiger partial charge >= 0.3 is 0 Å². The van der Waals surface area contributed by atoms with Crippen molar-refractivity contribution in [3.05, 3.63) is 50.7 Å². The van der Waals surface area contributed by atoms with E-state index >= 15 is 0 Å². The Hall–Kier alpha value is -1.22. The highest BCUT2D eigenvalue weighted by Gasteiger charge is 2.24. The fourth-order valence-electron chi connectivity index (χ4n) is 4.14. The average Bonchev–Trinajstić information content (AvgIpc) is 3.24. The highest BCUT2D eigenvalue weighted by atomic mass is 35.5. The Kier molecular flexibility index (Phi) is 4.94. The molecule has 0 unspecified atom stereocenters. The molecular formula is C21H21Cl3N2. The van der Waals surface area contributed by atoms with E-state index in [2.05, 4.69) is 30.5 Å². The Morgan fingerprint density at radius 3 is 2.35 bits per heavy atom. The smallest absolute Gasteiger partial charge is 0.109 e. The summed E-state index contributed by atoms with van der Waals surface area (Å²) in [5, 5.41) is 1.57. The van der Waals surface area contributed by atoms with Crippen LogP contribution >= 0.6 is 34.8 Å². The first-order valence-corrected chi connectivity index (χ1v) is 10.3. The van der Waals surface area contributed by atoms with Crippen LogP contribution in [0.15, 0.2) is 24.3 Å². The van der Waals surface area contributed by atoms with E-state index in [1.54, 1.807) is 6.07 Å². The summed E-state index contributed by atoms with van der Waals surface area (Å²) in [5.74, 6) is 1.15. The van der Waals surface area contributed by atoms with Gasteiger partial charge in [-0.05, 0) is 49.6 Å². The summed E-state index contributed by atoms with van der Waals surface area (Å²) in [6, 6.07) is 8.49. The molecule has 1 heterocycles. The van der Waals surface area contributed by atoms with Gasteiger partial charge in [-0.2, -0.15) is 0 Å². The van der Waals surface area contributed by atoms with Crippen molar-refractivity contribution in [1.82, 2.24) is 9.55 Å². The molecule has 0 bridgehead atoms. The number of rotatable bonds is 3. The maximum Gasteiger partial charge on any atom is 0.109 e. The van der Waals surface area contributed by atoms with Gasteiger partial charge in [0.2, 0.25) is 0 Å². The van der Waals surface area contributed by atoms with Crippen molar-refractivity contribution in [1.29, 1.82) is 0 Å². The molecule has 0 saturated heterocycles. The van der Waals surface area contributed by atoms with Gasteiger partial charge in [0.05, 0.1) is 26.1 Å². The number of aryl methyl sites for hydroxylation is 2. The molecule has 1 aromatic heterocycles. The van der Waals surface area contributed by atoms with Crippen LogP contribution in [0.25, 0.3) is 22.2 Å². The lowest BCUT2D eigenvalue weighted by molar-refractivity contribution is 0.513. The summed E-state index contributed by atoms with van der Waals surface area (Å²) < 4.78 is 2.46. The molecule has 2 nitrogen and oxygen atoms in total. The minimum Gasteiger partial charge on any atom is -0.325 e. The van der Waals surface area contributed by atoms with Gasteiger partial charge < -0.3 is 4.57 Å². The minimum absolute atomic E-state index is 0.468. The van der Waals surface area contributed by atoms with E-state index in [0.29, 0.717) is 21.1 Å². The number of hydrogen-bond acceptors (Lipinski definition) is 1. The Bertz CT molecular complexity index is 985. The quantitative estimate of drug-likeness (QED) is 0.408. The second kappa shape index (κ2) is 7.07. The molecule has 1 fully saturated rings. The molecule has 0 amide bonds. The van der Waals surface area contributed by atoms with Gasteiger partial charge in [0.15, 0.2) is 0 Å². The molecule has 1 saturated carbocycles. The number of halogens is 3. The first kappa shape index (κ1) is 18.2. The van der Waals surface area contributed by atoms with Gasteiger partial charge in [0.25, 0.3) is 0 Å². The van der Waals surface area contributed by atoms with Crippen LogP contribution in [-0.2, 0) is 6.42 Å². The number of fused-ring (bicyclic) bond motifs is 1. The van der Waals surface area contributed by atoms with E-state index in [1.807, 2.05) is 6.07 Å². The summed E-state index contributed by atoms with van der Waals surface area (Å²) in [4.78, 5) is 5.01. The maximum absolute atomic E-state index is 6.52. The van der Waals surface area contributed by atoms with Gasteiger partial charge in [0, 0.05) is 23.6 Å². The topological polar surface area (TPSA) is 17.8 Å². The fraction of sp³-hybridized carbons (Fsp3) is 0.381. The Morgan fingerprint density at radius 1 is 0.962 bits per heavy atom. The zero-order valence-corrected chi connectivity index (χ0v) is 17.2. The van der Waals surface area contributed by atoms with Crippen LogP contribution in [0.1, 0.15) is 50.0 Å². The standard InChI is InChI=1S/C21H21Cl3N2/c1-3-20-25-21-15(14-10-17(23)18(24)11-16(14)22)8-12(2)9-19(21)26(20)13-6-4-5-7-13/h8-11,13H,3-7H2,1-2H3. The average molecular weight is 408 g/mol. The number of hydrogen-bond donors (Lipinski definition) is 0. The Labute approximate surface area is 169 Å². The minimum atomic E-state index is 0.468. The van der Waals surface area contributed by atoms with Crippen LogP contribution in [0.2, 0.25) is 15.1 Å². The molecule has 0 aliphatic heterocycles. The molecule has 0 radical (unpaired) electrons. The van der Waals surface area contributed by atoms with Crippen molar-refractivity contribution in [2.45, 2.75) is 52.0 Å². The molecule has 136 valence electrons. The predicted octanol–water partition coefficient (Wildman–Crippen LogP) is 7.65. The predicted molar refractivity (Wildman–Crippen MR) is 112 cm³/mol. The molecule has 26 heavy (non-hydrogen) atoms. The molecule has 0 N–H and O–H groups in total. The van der Waals surface area contributed by atoms with Gasteiger partial charge in [0.1, 0.15) is 5.82 Å². The van der Waals surface area contributed by atoms with Gasteiger partial charge in [-0.15, -0.1) is 0 Å². The molecule has 1 aliphatic carbocycles. The molecule has 0 atom stereocenters. The SMILES string of the molecule is CCc1nc2c(-c3cc(Cl)c(Cl)cc3Cl)cc(C)cc2n1C1CCCC1. The molecule has 2 aromatic carbocycles. The number of nitrogens with zero attached hydrogens (tertiary/aromatic N) is 2. The van der Waals surface area contributed by atoms with Gasteiger partial charge in [-0.25, -0.2) is 4.98 Å². The Morgan fingerprint density at radius 2 is 1.65 bits per heavy atom. The second-order valence-electron chi connectivity index (χ2n) is 7.12. The third-order valence-electron chi connectivity index (χ3n) is 5.32. The molecular weight excluding hydrogens is 387 g/mol. The number of imidazole rings is 1. The third-order valence-corrected chi connectivity index (χ3v) is 6.35. The summed E-state index contributed by atoms with van der Waals surface area (Å²) in [6.07, 6.45) is 5.97. The molecule has 5 heteroatoms. The van der Waals surface area contributed by atoms with Crippen molar-refractivity contribution in [3.8, 4) is 11.1 Å². The van der Waals surface area contributed by atoms with Crippen molar-refractivity contribution < 1.29 is 0 Å². The van der Waals surface area contributed by atoms with E-state index in [9.17, 15) is 0 Å². The molecule has 3 aromatic rings. The zero-order valence-electron chi connectivity index (χ0n) is 15.0. The first-order chi connectivity index (χ1) is 12.5. The largest absolute Gasteiger partial charge is 0.325 e. The second-order valence-corrected chi connectivity index (χ2v) is 8.34. The van der Waals surface area contributed by atoms with E-state index < -0.39 is 0 Å². The van der Waals surface area contributed by atoms with Crippen LogP contribution in [0.3, 0.4) is 0 Å². The summed E-state index contributed by atoms with van der Waals surface area (Å²) in [5.41, 5.74) is 5.30. The zero-order chi connectivity index (χ0) is 18.4. The monoisotopic (exact) mass is 406 g/mol. The van der Waals surface area contributed by atoms with Crippen LogP contribution in [-0.4, -0.2) is 9.55 Å². The Balaban J connectivity index is 2.01. The normalized spacial score (nSPS) is 15.3. The van der Waals surface area contributed by atoms with Gasteiger partial charge in [-0.3, -0.25) is 0 Å². The number of benzene rings is 2. The lowest BCUT2D eigenvalue weighted by Gasteiger charge is -2.16. The highest BCUT2D eigenvalue weighted by molar-refractivity contribution is 6.44. The van der Waals surface area contributed by atoms with Crippen LogP contribution < -0.4 is 0 Å². The lowest BCUT2D eigenvalue weighted by atomic mass is 10.0. The highest BCUT2D eigenvalue weighted by Crippen LogP contribution is 2.41. The summed E-state index contributed by atoms with van der Waals surface area (Å²) in [7, 11) is 0. The summed E-state index contributed by atoms with van der Waals surface area (Å²) in [6.45, 7) is 4.29. The third kappa shape index (κ3) is 3.02. The van der Waals surface area contributed by atoms with Crippen molar-refractivity contribution in [3.63, 3.8) is 0 Å². The number of aromatic nitrogens is 2. The van der Waals surface area contributed by atoms with Crippen molar-refractivity contribution in [2.75, 3.05) is 0 Å². The van der Waals surface area contributed by atoms with Crippen molar-refractivity contribution >= 4 is 45.8 Å². The van der Waals surface area contributed by atoms with Crippen LogP contribution in [0.5, 0.6) is 0 Å². The molecule has 1 aliphatic rings. The van der Waals surface area contributed by atoms with Gasteiger partial charge in [-0.1, -0.05) is 54.6 Å². The maximum atomic E-state index is 6.52. The van der Waals surface area contributed by atoms with Crippen molar-refractivity contribution in [2.24, 2.45) is 0 Å².